The van der Waals surface area contributed by atoms with Crippen molar-refractivity contribution < 1.29 is 4.79 Å². The molecule has 1 saturated heterocycles. The van der Waals surface area contributed by atoms with E-state index in [1.54, 1.807) is 16.2 Å². The number of aromatic nitrogens is 2. The van der Waals surface area contributed by atoms with Gasteiger partial charge in [0.1, 0.15) is 5.01 Å². The quantitative estimate of drug-likeness (QED) is 0.885. The van der Waals surface area contributed by atoms with Crippen molar-refractivity contribution in [3.05, 3.63) is 5.01 Å². The first-order valence-corrected chi connectivity index (χ1v) is 6.83. The molecule has 5 nitrogen and oxygen atoms in total. The molecule has 0 aliphatic carbocycles. The lowest BCUT2D eigenvalue weighted by atomic mass is 10.1. The van der Waals surface area contributed by atoms with Crippen LogP contribution in [0.15, 0.2) is 0 Å². The zero-order valence-electron chi connectivity index (χ0n) is 10.3. The van der Waals surface area contributed by atoms with E-state index in [4.69, 9.17) is 0 Å². The maximum absolute atomic E-state index is 11.4. The van der Waals surface area contributed by atoms with Crippen LogP contribution in [-0.4, -0.2) is 40.6 Å². The van der Waals surface area contributed by atoms with Crippen molar-refractivity contribution in [3.63, 3.8) is 0 Å². The fraction of sp³-hybridized carbons (Fsp3) is 0.727. The minimum atomic E-state index is 0.229. The summed E-state index contributed by atoms with van der Waals surface area (Å²) < 4.78 is 0. The number of aryl methyl sites for hydroxylation is 1. The SMILES string of the molecule is CCCc1nnc(N[C@@H]2CCC(=O)N(C)C2)s1. The largest absolute Gasteiger partial charge is 0.356 e. The van der Waals surface area contributed by atoms with Gasteiger partial charge in [-0.3, -0.25) is 4.79 Å². The third-order valence-corrected chi connectivity index (χ3v) is 3.80. The van der Waals surface area contributed by atoms with Gasteiger partial charge in [-0.15, -0.1) is 10.2 Å². The van der Waals surface area contributed by atoms with Gasteiger partial charge in [-0.2, -0.15) is 0 Å². The van der Waals surface area contributed by atoms with E-state index in [0.29, 0.717) is 12.5 Å². The van der Waals surface area contributed by atoms with Crippen LogP contribution in [0.4, 0.5) is 5.13 Å². The van der Waals surface area contributed by atoms with E-state index in [0.717, 1.165) is 35.9 Å². The van der Waals surface area contributed by atoms with E-state index in [2.05, 4.69) is 22.4 Å². The number of hydrogen-bond donors (Lipinski definition) is 1. The van der Waals surface area contributed by atoms with Crippen molar-refractivity contribution in [1.82, 2.24) is 15.1 Å². The summed E-state index contributed by atoms with van der Waals surface area (Å²) in [6, 6.07) is 0.306. The summed E-state index contributed by atoms with van der Waals surface area (Å²) in [6.07, 6.45) is 3.58. The van der Waals surface area contributed by atoms with Crippen molar-refractivity contribution >= 4 is 22.4 Å². The molecule has 0 radical (unpaired) electrons. The third kappa shape index (κ3) is 3.15. The number of likely N-dealkylation sites (N-methyl/N-ethyl adjacent to an activating group) is 1. The number of amides is 1. The highest BCUT2D eigenvalue weighted by molar-refractivity contribution is 7.15. The number of rotatable bonds is 4. The van der Waals surface area contributed by atoms with Gasteiger partial charge in [-0.05, 0) is 12.8 Å². The van der Waals surface area contributed by atoms with Crippen LogP contribution in [0.5, 0.6) is 0 Å². The first kappa shape index (κ1) is 12.3. The fourth-order valence-electron chi connectivity index (χ4n) is 1.93. The summed E-state index contributed by atoms with van der Waals surface area (Å²) in [5.41, 5.74) is 0. The maximum Gasteiger partial charge on any atom is 0.222 e. The van der Waals surface area contributed by atoms with Gasteiger partial charge in [-0.25, -0.2) is 0 Å². The standard InChI is InChI=1S/C11H18N4OS/c1-3-4-9-13-14-11(17-9)12-8-5-6-10(16)15(2)7-8/h8H,3-7H2,1-2H3,(H,12,14)/t8-/m1/s1. The average Bonchev–Trinajstić information content (AvgIpc) is 2.72. The lowest BCUT2D eigenvalue weighted by Crippen LogP contribution is -2.43. The molecule has 0 saturated carbocycles. The second kappa shape index (κ2) is 5.44. The first-order valence-electron chi connectivity index (χ1n) is 6.02. The van der Waals surface area contributed by atoms with Crippen LogP contribution < -0.4 is 5.32 Å². The molecule has 1 amide bonds. The van der Waals surface area contributed by atoms with Crippen LogP contribution in [0, 0.1) is 0 Å². The van der Waals surface area contributed by atoms with Crippen molar-refractivity contribution in [2.45, 2.75) is 38.6 Å². The number of likely N-dealkylation sites (tertiary alicyclic amines) is 1. The molecule has 1 fully saturated rings. The molecule has 1 aromatic rings. The van der Waals surface area contributed by atoms with E-state index in [9.17, 15) is 4.79 Å². The van der Waals surface area contributed by atoms with Crippen LogP contribution in [0.2, 0.25) is 0 Å². The molecule has 2 rings (SSSR count). The summed E-state index contributed by atoms with van der Waals surface area (Å²) in [5, 5.41) is 13.6. The summed E-state index contributed by atoms with van der Waals surface area (Å²) in [7, 11) is 1.85. The van der Waals surface area contributed by atoms with Gasteiger partial charge in [0.25, 0.3) is 0 Å². The molecule has 94 valence electrons. The van der Waals surface area contributed by atoms with Gasteiger partial charge < -0.3 is 10.2 Å². The first-order chi connectivity index (χ1) is 8.19. The van der Waals surface area contributed by atoms with E-state index in [1.807, 2.05) is 7.05 Å². The molecular formula is C11H18N4OS. The number of anilines is 1. The Morgan fingerprint density at radius 3 is 3.06 bits per heavy atom. The number of carbonyl (C=O) groups excluding carboxylic acids is 1. The summed E-state index contributed by atoms with van der Waals surface area (Å²) in [4.78, 5) is 13.1. The Kier molecular flexibility index (Phi) is 3.93. The number of nitrogens with one attached hydrogen (secondary N) is 1. The highest BCUT2D eigenvalue weighted by Crippen LogP contribution is 2.20. The van der Waals surface area contributed by atoms with Crippen molar-refractivity contribution in [1.29, 1.82) is 0 Å². The number of carbonyl (C=O) groups is 1. The number of piperidine rings is 1. The Morgan fingerprint density at radius 1 is 1.53 bits per heavy atom. The molecule has 6 heteroatoms. The molecule has 1 atom stereocenters. The smallest absolute Gasteiger partial charge is 0.222 e. The average molecular weight is 254 g/mol. The normalized spacial score (nSPS) is 20.7. The van der Waals surface area contributed by atoms with Gasteiger partial charge in [0, 0.05) is 32.5 Å². The molecule has 0 unspecified atom stereocenters. The number of nitrogens with zero attached hydrogens (tertiary/aromatic N) is 3. The fourth-order valence-corrected chi connectivity index (χ4v) is 2.85. The van der Waals surface area contributed by atoms with Crippen LogP contribution >= 0.6 is 11.3 Å². The summed E-state index contributed by atoms with van der Waals surface area (Å²) in [6.45, 7) is 2.89. The predicted octanol–water partition coefficient (Wildman–Crippen LogP) is 1.52. The monoisotopic (exact) mass is 254 g/mol. The number of hydrogen-bond acceptors (Lipinski definition) is 5. The second-order valence-electron chi connectivity index (χ2n) is 4.41. The molecule has 1 aliphatic rings. The molecule has 1 aromatic heterocycles. The minimum absolute atomic E-state index is 0.229. The molecule has 0 spiro atoms. The Bertz CT molecular complexity index is 393. The molecule has 0 bridgehead atoms. The minimum Gasteiger partial charge on any atom is -0.356 e. The maximum atomic E-state index is 11.4. The van der Waals surface area contributed by atoms with Gasteiger partial charge in [-0.1, -0.05) is 18.3 Å². The predicted molar refractivity (Wildman–Crippen MR) is 68.2 cm³/mol. The van der Waals surface area contributed by atoms with E-state index >= 15 is 0 Å². The Morgan fingerprint density at radius 2 is 2.35 bits per heavy atom. The Hall–Kier alpha value is -1.17. The van der Waals surface area contributed by atoms with E-state index in [-0.39, 0.29) is 5.91 Å². The highest BCUT2D eigenvalue weighted by Gasteiger charge is 2.23. The molecule has 1 N–H and O–H groups in total. The van der Waals surface area contributed by atoms with Crippen molar-refractivity contribution in [3.8, 4) is 0 Å². The van der Waals surface area contributed by atoms with E-state index in [1.165, 1.54) is 0 Å². The van der Waals surface area contributed by atoms with Crippen LogP contribution in [0.1, 0.15) is 31.2 Å². The third-order valence-electron chi connectivity index (χ3n) is 2.88. The molecule has 2 heterocycles. The van der Waals surface area contributed by atoms with Crippen molar-refractivity contribution in [2.75, 3.05) is 18.9 Å². The zero-order valence-corrected chi connectivity index (χ0v) is 11.1. The second-order valence-corrected chi connectivity index (χ2v) is 5.47. The molecule has 17 heavy (non-hydrogen) atoms. The van der Waals surface area contributed by atoms with E-state index < -0.39 is 0 Å². The zero-order chi connectivity index (χ0) is 12.3. The Labute approximate surface area is 105 Å². The summed E-state index contributed by atoms with van der Waals surface area (Å²) >= 11 is 1.62. The van der Waals surface area contributed by atoms with Crippen molar-refractivity contribution in [2.24, 2.45) is 0 Å². The lowest BCUT2D eigenvalue weighted by molar-refractivity contribution is -0.132. The molecule has 1 aliphatic heterocycles. The van der Waals surface area contributed by atoms with Gasteiger partial charge in [0.2, 0.25) is 11.0 Å². The molecule has 0 aromatic carbocycles. The van der Waals surface area contributed by atoms with Gasteiger partial charge in [0.15, 0.2) is 0 Å². The van der Waals surface area contributed by atoms with Crippen LogP contribution in [0.25, 0.3) is 0 Å². The summed E-state index contributed by atoms with van der Waals surface area (Å²) in [5.74, 6) is 0.229. The lowest BCUT2D eigenvalue weighted by Gasteiger charge is -2.29. The van der Waals surface area contributed by atoms with Gasteiger partial charge in [0.05, 0.1) is 0 Å². The van der Waals surface area contributed by atoms with Crippen LogP contribution in [-0.2, 0) is 11.2 Å². The van der Waals surface area contributed by atoms with Gasteiger partial charge >= 0.3 is 0 Å². The van der Waals surface area contributed by atoms with Crippen LogP contribution in [0.3, 0.4) is 0 Å². The topological polar surface area (TPSA) is 58.1 Å². The Balaban J connectivity index is 1.89. The highest BCUT2D eigenvalue weighted by atomic mass is 32.1. The molecular weight excluding hydrogens is 236 g/mol.